The lowest BCUT2D eigenvalue weighted by atomic mass is 9.81. The molecular formula is C14H27NO2. The third kappa shape index (κ3) is 5.94. The molecular weight excluding hydrogens is 214 g/mol. The number of amides is 1. The molecule has 1 rings (SSSR count). The molecule has 1 amide bonds. The van der Waals surface area contributed by atoms with Gasteiger partial charge in [-0.05, 0) is 45.4 Å². The van der Waals surface area contributed by atoms with E-state index in [1.807, 2.05) is 20.8 Å². The molecule has 0 spiro atoms. The van der Waals surface area contributed by atoms with Crippen molar-refractivity contribution in [1.82, 2.24) is 5.32 Å². The summed E-state index contributed by atoms with van der Waals surface area (Å²) in [6, 6.07) is 0. The van der Waals surface area contributed by atoms with Gasteiger partial charge in [0.25, 0.3) is 0 Å². The van der Waals surface area contributed by atoms with E-state index in [1.54, 1.807) is 0 Å². The predicted octanol–water partition coefficient (Wildman–Crippen LogP) is 3.73. The standard InChI is InChI=1S/C14H27NO2/c1-5-11-6-8-12(9-7-11)10-15-13(16)17-14(2,3)4/h11-12H,5-10H2,1-4H3,(H,15,16). The normalized spacial score (nSPS) is 25.4. The van der Waals surface area contributed by atoms with Crippen LogP contribution in [0.3, 0.4) is 0 Å². The van der Waals surface area contributed by atoms with Gasteiger partial charge in [-0.15, -0.1) is 0 Å². The van der Waals surface area contributed by atoms with E-state index < -0.39 is 5.60 Å². The molecule has 1 saturated carbocycles. The van der Waals surface area contributed by atoms with Crippen molar-refractivity contribution in [1.29, 1.82) is 0 Å². The van der Waals surface area contributed by atoms with Gasteiger partial charge >= 0.3 is 6.09 Å². The van der Waals surface area contributed by atoms with Crippen molar-refractivity contribution in [2.75, 3.05) is 6.54 Å². The van der Waals surface area contributed by atoms with E-state index in [4.69, 9.17) is 4.74 Å². The van der Waals surface area contributed by atoms with Crippen LogP contribution in [-0.4, -0.2) is 18.2 Å². The van der Waals surface area contributed by atoms with Crippen molar-refractivity contribution < 1.29 is 9.53 Å². The average molecular weight is 241 g/mol. The zero-order chi connectivity index (χ0) is 12.9. The predicted molar refractivity (Wildman–Crippen MR) is 70.0 cm³/mol. The molecule has 1 N–H and O–H groups in total. The van der Waals surface area contributed by atoms with Gasteiger partial charge in [0.15, 0.2) is 0 Å². The van der Waals surface area contributed by atoms with Crippen LogP contribution in [0.4, 0.5) is 4.79 Å². The second-order valence-corrected chi connectivity index (χ2v) is 6.18. The topological polar surface area (TPSA) is 38.3 Å². The Morgan fingerprint density at radius 2 is 1.71 bits per heavy atom. The maximum atomic E-state index is 11.5. The smallest absolute Gasteiger partial charge is 0.407 e. The first-order valence-corrected chi connectivity index (χ1v) is 6.87. The fraction of sp³-hybridized carbons (Fsp3) is 0.929. The first-order valence-electron chi connectivity index (χ1n) is 6.87. The zero-order valence-electron chi connectivity index (χ0n) is 11.7. The summed E-state index contributed by atoms with van der Waals surface area (Å²) in [5, 5.41) is 2.88. The molecule has 0 aromatic heterocycles. The van der Waals surface area contributed by atoms with Crippen LogP contribution in [0.2, 0.25) is 0 Å². The van der Waals surface area contributed by atoms with Gasteiger partial charge in [0.2, 0.25) is 0 Å². The van der Waals surface area contributed by atoms with Crippen molar-refractivity contribution in [3.8, 4) is 0 Å². The highest BCUT2D eigenvalue weighted by Gasteiger charge is 2.21. The molecule has 100 valence electrons. The Balaban J connectivity index is 2.17. The van der Waals surface area contributed by atoms with Crippen LogP contribution in [0.15, 0.2) is 0 Å². The molecule has 0 atom stereocenters. The number of hydrogen-bond acceptors (Lipinski definition) is 2. The molecule has 0 saturated heterocycles. The highest BCUT2D eigenvalue weighted by Crippen LogP contribution is 2.30. The molecule has 17 heavy (non-hydrogen) atoms. The fourth-order valence-corrected chi connectivity index (χ4v) is 2.39. The van der Waals surface area contributed by atoms with Crippen LogP contribution in [0.5, 0.6) is 0 Å². The maximum Gasteiger partial charge on any atom is 0.407 e. The molecule has 0 aromatic carbocycles. The SMILES string of the molecule is CCC1CCC(CNC(=O)OC(C)(C)C)CC1. The molecule has 1 fully saturated rings. The highest BCUT2D eigenvalue weighted by atomic mass is 16.6. The molecule has 0 aliphatic heterocycles. The third-order valence-electron chi connectivity index (χ3n) is 3.48. The van der Waals surface area contributed by atoms with Gasteiger partial charge < -0.3 is 10.1 Å². The summed E-state index contributed by atoms with van der Waals surface area (Å²) in [4.78, 5) is 11.5. The molecule has 3 heteroatoms. The molecule has 0 bridgehead atoms. The molecule has 1 aliphatic rings. The summed E-state index contributed by atoms with van der Waals surface area (Å²) < 4.78 is 5.22. The third-order valence-corrected chi connectivity index (χ3v) is 3.48. The Morgan fingerprint density at radius 1 is 1.18 bits per heavy atom. The average Bonchev–Trinajstić information content (AvgIpc) is 2.25. The lowest BCUT2D eigenvalue weighted by Crippen LogP contribution is -2.36. The van der Waals surface area contributed by atoms with Crippen molar-refractivity contribution in [2.24, 2.45) is 11.8 Å². The monoisotopic (exact) mass is 241 g/mol. The van der Waals surface area contributed by atoms with Crippen LogP contribution in [0.25, 0.3) is 0 Å². The Hall–Kier alpha value is -0.730. The first kappa shape index (κ1) is 14.3. The molecule has 0 aromatic rings. The minimum absolute atomic E-state index is 0.282. The summed E-state index contributed by atoms with van der Waals surface area (Å²) in [5.41, 5.74) is -0.399. The largest absolute Gasteiger partial charge is 0.444 e. The molecule has 3 nitrogen and oxygen atoms in total. The van der Waals surface area contributed by atoms with E-state index >= 15 is 0 Å². The van der Waals surface area contributed by atoms with E-state index in [0.717, 1.165) is 12.5 Å². The zero-order valence-corrected chi connectivity index (χ0v) is 11.7. The van der Waals surface area contributed by atoms with Gasteiger partial charge in [-0.2, -0.15) is 0 Å². The van der Waals surface area contributed by atoms with Crippen LogP contribution in [0.1, 0.15) is 59.8 Å². The first-order chi connectivity index (χ1) is 7.90. The van der Waals surface area contributed by atoms with Crippen LogP contribution in [-0.2, 0) is 4.74 Å². The number of carbonyl (C=O) groups is 1. The molecule has 1 aliphatic carbocycles. The lowest BCUT2D eigenvalue weighted by Gasteiger charge is -2.28. The van der Waals surface area contributed by atoms with E-state index in [0.29, 0.717) is 5.92 Å². The second kappa shape index (κ2) is 6.27. The number of carbonyl (C=O) groups excluding carboxylic acids is 1. The van der Waals surface area contributed by atoms with Gasteiger partial charge in [-0.3, -0.25) is 0 Å². The highest BCUT2D eigenvalue weighted by molar-refractivity contribution is 5.67. The minimum Gasteiger partial charge on any atom is -0.444 e. The Morgan fingerprint density at radius 3 is 2.18 bits per heavy atom. The van der Waals surface area contributed by atoms with Crippen molar-refractivity contribution in [3.63, 3.8) is 0 Å². The Labute approximate surface area is 105 Å². The summed E-state index contributed by atoms with van der Waals surface area (Å²) in [7, 11) is 0. The summed E-state index contributed by atoms with van der Waals surface area (Å²) in [6.07, 6.45) is 6.14. The van der Waals surface area contributed by atoms with Crippen LogP contribution >= 0.6 is 0 Å². The van der Waals surface area contributed by atoms with Gasteiger partial charge in [0.1, 0.15) is 5.60 Å². The summed E-state index contributed by atoms with van der Waals surface area (Å²) in [5.74, 6) is 1.55. The van der Waals surface area contributed by atoms with Crippen molar-refractivity contribution in [2.45, 2.75) is 65.4 Å². The summed E-state index contributed by atoms with van der Waals surface area (Å²) >= 11 is 0. The van der Waals surface area contributed by atoms with E-state index in [1.165, 1.54) is 32.1 Å². The summed E-state index contributed by atoms with van der Waals surface area (Å²) in [6.45, 7) is 8.70. The maximum absolute atomic E-state index is 11.5. The lowest BCUT2D eigenvalue weighted by molar-refractivity contribution is 0.0513. The molecule has 0 unspecified atom stereocenters. The molecule has 0 radical (unpaired) electrons. The van der Waals surface area contributed by atoms with E-state index in [9.17, 15) is 4.79 Å². The van der Waals surface area contributed by atoms with Crippen LogP contribution in [0, 0.1) is 11.8 Å². The quantitative estimate of drug-likeness (QED) is 0.817. The Kier molecular flexibility index (Phi) is 5.29. The van der Waals surface area contributed by atoms with Gasteiger partial charge in [-0.1, -0.05) is 26.2 Å². The second-order valence-electron chi connectivity index (χ2n) is 6.18. The van der Waals surface area contributed by atoms with Crippen LogP contribution < -0.4 is 5.32 Å². The molecule has 0 heterocycles. The number of ether oxygens (including phenoxy) is 1. The van der Waals surface area contributed by atoms with Gasteiger partial charge in [0.05, 0.1) is 0 Å². The Bertz CT molecular complexity index is 237. The number of hydrogen-bond donors (Lipinski definition) is 1. The number of alkyl carbamates (subject to hydrolysis) is 1. The van der Waals surface area contributed by atoms with Gasteiger partial charge in [-0.25, -0.2) is 4.79 Å². The number of nitrogens with one attached hydrogen (secondary N) is 1. The van der Waals surface area contributed by atoms with E-state index in [2.05, 4.69) is 12.2 Å². The van der Waals surface area contributed by atoms with Crippen molar-refractivity contribution >= 4 is 6.09 Å². The van der Waals surface area contributed by atoms with E-state index in [-0.39, 0.29) is 6.09 Å². The fourth-order valence-electron chi connectivity index (χ4n) is 2.39. The minimum atomic E-state index is -0.399. The number of rotatable bonds is 3. The van der Waals surface area contributed by atoms with Gasteiger partial charge in [0, 0.05) is 6.54 Å². The van der Waals surface area contributed by atoms with Crippen molar-refractivity contribution in [3.05, 3.63) is 0 Å².